The van der Waals surface area contributed by atoms with Crippen molar-refractivity contribution in [2.24, 2.45) is 0 Å². The van der Waals surface area contributed by atoms with E-state index in [4.69, 9.17) is 16.7 Å². The summed E-state index contributed by atoms with van der Waals surface area (Å²) in [6, 6.07) is -1.23. The van der Waals surface area contributed by atoms with Crippen molar-refractivity contribution in [2.45, 2.75) is 12.5 Å². The van der Waals surface area contributed by atoms with Crippen molar-refractivity contribution < 1.29 is 19.4 Å². The van der Waals surface area contributed by atoms with Crippen molar-refractivity contribution in [1.29, 1.82) is 0 Å². The van der Waals surface area contributed by atoms with Crippen LogP contribution >= 0.6 is 11.6 Å². The maximum atomic E-state index is 11.1. The second-order valence-electron chi connectivity index (χ2n) is 3.25. The zero-order valence-electron chi connectivity index (χ0n) is 9.14. The first kappa shape index (κ1) is 13.3. The van der Waals surface area contributed by atoms with E-state index in [2.05, 4.69) is 10.1 Å². The third-order valence-electron chi connectivity index (χ3n) is 2.12. The van der Waals surface area contributed by atoms with Crippen LogP contribution in [0.25, 0.3) is 0 Å². The standard InChI is InChI=1S/C11H12ClNO4/c1-17-11(16)13-9(10(14)15)7-5-3-2-4-6-8(7)12/h3-6,9H,2H2,1H3,(H,13,16)(H,14,15)/t9-/m1/s1. The zero-order valence-corrected chi connectivity index (χ0v) is 9.90. The van der Waals surface area contributed by atoms with E-state index in [1.54, 1.807) is 24.3 Å². The Balaban J connectivity index is 3.01. The Hall–Kier alpha value is -1.75. The number of nitrogens with one attached hydrogen (secondary N) is 1. The van der Waals surface area contributed by atoms with Crippen LogP contribution in [-0.2, 0) is 9.53 Å². The van der Waals surface area contributed by atoms with Crippen LogP contribution in [0.15, 0.2) is 34.9 Å². The number of carbonyl (C=O) groups is 2. The Kier molecular flexibility index (Phi) is 4.78. The van der Waals surface area contributed by atoms with Crippen LogP contribution in [0.4, 0.5) is 4.79 Å². The molecule has 0 heterocycles. The lowest BCUT2D eigenvalue weighted by molar-refractivity contribution is -0.138. The predicted octanol–water partition coefficient (Wildman–Crippen LogP) is 1.80. The van der Waals surface area contributed by atoms with Gasteiger partial charge in [-0.15, -0.1) is 0 Å². The summed E-state index contributed by atoms with van der Waals surface area (Å²) in [5.74, 6) is -1.21. The monoisotopic (exact) mass is 257 g/mol. The van der Waals surface area contributed by atoms with Crippen LogP contribution in [0.1, 0.15) is 6.42 Å². The summed E-state index contributed by atoms with van der Waals surface area (Å²) in [5.41, 5.74) is 0.318. The minimum atomic E-state index is -1.23. The second kappa shape index (κ2) is 6.10. The molecule has 0 saturated heterocycles. The summed E-state index contributed by atoms with van der Waals surface area (Å²) in [4.78, 5) is 22.1. The number of amides is 1. The number of aliphatic carboxylic acids is 1. The van der Waals surface area contributed by atoms with Crippen molar-refractivity contribution in [3.8, 4) is 0 Å². The Morgan fingerprint density at radius 2 is 2.12 bits per heavy atom. The van der Waals surface area contributed by atoms with Crippen molar-refractivity contribution in [3.63, 3.8) is 0 Å². The average Bonchev–Trinajstić information content (AvgIpc) is 2.50. The van der Waals surface area contributed by atoms with Gasteiger partial charge >= 0.3 is 12.1 Å². The highest BCUT2D eigenvalue weighted by Gasteiger charge is 2.25. The SMILES string of the molecule is COC(=O)N[C@@H](C(=O)O)C1=C(Cl)C=CCC=C1. The number of carboxylic acid groups (broad SMARTS) is 1. The molecule has 92 valence electrons. The van der Waals surface area contributed by atoms with Gasteiger partial charge in [0.2, 0.25) is 0 Å². The fourth-order valence-electron chi connectivity index (χ4n) is 1.30. The molecule has 2 N–H and O–H groups in total. The van der Waals surface area contributed by atoms with Crippen molar-refractivity contribution in [3.05, 3.63) is 34.9 Å². The average molecular weight is 258 g/mol. The van der Waals surface area contributed by atoms with E-state index in [1.807, 2.05) is 0 Å². The molecule has 1 rings (SSSR count). The van der Waals surface area contributed by atoms with Crippen LogP contribution in [0, 0.1) is 0 Å². The van der Waals surface area contributed by atoms with Gasteiger partial charge in [-0.05, 0) is 12.5 Å². The molecule has 0 bridgehead atoms. The van der Waals surface area contributed by atoms with Gasteiger partial charge in [0.25, 0.3) is 0 Å². The number of hydrogen-bond donors (Lipinski definition) is 2. The Morgan fingerprint density at radius 1 is 1.47 bits per heavy atom. The minimum absolute atomic E-state index is 0.280. The molecular weight excluding hydrogens is 246 g/mol. The third-order valence-corrected chi connectivity index (χ3v) is 2.46. The van der Waals surface area contributed by atoms with Crippen molar-refractivity contribution >= 4 is 23.7 Å². The fourth-order valence-corrected chi connectivity index (χ4v) is 1.57. The van der Waals surface area contributed by atoms with E-state index in [9.17, 15) is 9.59 Å². The van der Waals surface area contributed by atoms with E-state index in [1.165, 1.54) is 0 Å². The summed E-state index contributed by atoms with van der Waals surface area (Å²) < 4.78 is 4.37. The summed E-state index contributed by atoms with van der Waals surface area (Å²) >= 11 is 5.94. The lowest BCUT2D eigenvalue weighted by Crippen LogP contribution is -2.42. The molecule has 17 heavy (non-hydrogen) atoms. The third kappa shape index (κ3) is 3.64. The molecule has 1 atom stereocenters. The highest BCUT2D eigenvalue weighted by molar-refractivity contribution is 6.32. The first-order valence-electron chi connectivity index (χ1n) is 4.86. The summed E-state index contributed by atoms with van der Waals surface area (Å²) in [6.45, 7) is 0. The lowest BCUT2D eigenvalue weighted by atomic mass is 10.1. The van der Waals surface area contributed by atoms with Gasteiger partial charge in [0.05, 0.1) is 7.11 Å². The number of hydrogen-bond acceptors (Lipinski definition) is 3. The summed E-state index contributed by atoms with van der Waals surface area (Å²) in [7, 11) is 1.16. The molecule has 0 aromatic carbocycles. The number of carboxylic acids is 1. The molecular formula is C11H12ClNO4. The molecule has 0 aromatic heterocycles. The second-order valence-corrected chi connectivity index (χ2v) is 3.66. The van der Waals surface area contributed by atoms with E-state index in [0.29, 0.717) is 12.0 Å². The van der Waals surface area contributed by atoms with Crippen molar-refractivity contribution in [1.82, 2.24) is 5.32 Å². The number of rotatable bonds is 3. The van der Waals surface area contributed by atoms with E-state index in [0.717, 1.165) is 7.11 Å². The molecule has 0 fully saturated rings. The smallest absolute Gasteiger partial charge is 0.407 e. The van der Waals surface area contributed by atoms with Gasteiger partial charge in [-0.2, -0.15) is 0 Å². The van der Waals surface area contributed by atoms with Gasteiger partial charge < -0.3 is 15.2 Å². The van der Waals surface area contributed by atoms with Gasteiger partial charge in [-0.3, -0.25) is 0 Å². The first-order valence-corrected chi connectivity index (χ1v) is 5.24. The fraction of sp³-hybridized carbons (Fsp3) is 0.273. The Labute approximate surface area is 103 Å². The van der Waals surface area contributed by atoms with Crippen LogP contribution in [0.3, 0.4) is 0 Å². The van der Waals surface area contributed by atoms with E-state index in [-0.39, 0.29) is 5.03 Å². The summed E-state index contributed by atoms with van der Waals surface area (Å²) in [5, 5.41) is 11.5. The predicted molar refractivity (Wildman–Crippen MR) is 62.7 cm³/mol. The maximum absolute atomic E-state index is 11.1. The highest BCUT2D eigenvalue weighted by atomic mass is 35.5. The number of ether oxygens (including phenoxy) is 1. The molecule has 0 spiro atoms. The van der Waals surface area contributed by atoms with Gasteiger partial charge in [-0.1, -0.05) is 29.8 Å². The van der Waals surface area contributed by atoms with Crippen LogP contribution < -0.4 is 5.32 Å². The number of allylic oxidation sites excluding steroid dienone is 4. The minimum Gasteiger partial charge on any atom is -0.479 e. The first-order chi connectivity index (χ1) is 8.06. The number of carbonyl (C=O) groups excluding carboxylic acids is 1. The van der Waals surface area contributed by atoms with Gasteiger partial charge in [0.15, 0.2) is 6.04 Å². The normalized spacial score (nSPS) is 16.4. The molecule has 6 heteroatoms. The topological polar surface area (TPSA) is 75.6 Å². The van der Waals surface area contributed by atoms with Crippen LogP contribution in [0.2, 0.25) is 0 Å². The zero-order chi connectivity index (χ0) is 12.8. The molecule has 1 amide bonds. The molecule has 0 saturated carbocycles. The molecule has 0 radical (unpaired) electrons. The van der Waals surface area contributed by atoms with Crippen LogP contribution in [-0.4, -0.2) is 30.3 Å². The van der Waals surface area contributed by atoms with Gasteiger partial charge in [-0.25, -0.2) is 9.59 Å². The summed E-state index contributed by atoms with van der Waals surface area (Å²) in [6.07, 6.45) is 6.57. The maximum Gasteiger partial charge on any atom is 0.407 e. The molecule has 1 aliphatic carbocycles. The number of alkyl carbamates (subject to hydrolysis) is 1. The molecule has 0 aliphatic heterocycles. The Bertz CT molecular complexity index is 412. The Morgan fingerprint density at radius 3 is 2.71 bits per heavy atom. The molecule has 0 unspecified atom stereocenters. The van der Waals surface area contributed by atoms with Crippen LogP contribution in [0.5, 0.6) is 0 Å². The van der Waals surface area contributed by atoms with Gasteiger partial charge in [0.1, 0.15) is 0 Å². The quantitative estimate of drug-likeness (QED) is 0.808. The van der Waals surface area contributed by atoms with Gasteiger partial charge in [0, 0.05) is 10.6 Å². The largest absolute Gasteiger partial charge is 0.479 e. The lowest BCUT2D eigenvalue weighted by Gasteiger charge is -2.15. The van der Waals surface area contributed by atoms with E-state index < -0.39 is 18.1 Å². The molecule has 0 aromatic rings. The highest BCUT2D eigenvalue weighted by Crippen LogP contribution is 2.20. The number of halogens is 1. The van der Waals surface area contributed by atoms with E-state index >= 15 is 0 Å². The van der Waals surface area contributed by atoms with Crippen molar-refractivity contribution in [2.75, 3.05) is 7.11 Å². The molecule has 1 aliphatic rings. The number of methoxy groups -OCH3 is 1. The molecule has 5 nitrogen and oxygen atoms in total.